The summed E-state index contributed by atoms with van der Waals surface area (Å²) in [5.41, 5.74) is 1.43. The molecule has 0 aliphatic carbocycles. The number of nitrogens with zero attached hydrogens (tertiary/aromatic N) is 3. The highest BCUT2D eigenvalue weighted by Gasteiger charge is 2.31. The number of carbonyl (C=O) groups is 1. The summed E-state index contributed by atoms with van der Waals surface area (Å²) in [4.78, 5) is 11.9. The van der Waals surface area contributed by atoms with Crippen molar-refractivity contribution in [3.63, 3.8) is 0 Å². The summed E-state index contributed by atoms with van der Waals surface area (Å²) in [6.07, 6.45) is -7.60. The average Bonchev–Trinajstić information content (AvgIpc) is 3.41. The predicted molar refractivity (Wildman–Crippen MR) is 128 cm³/mol. The van der Waals surface area contributed by atoms with Crippen molar-refractivity contribution in [3.8, 4) is 22.8 Å². The lowest BCUT2D eigenvalue weighted by Crippen LogP contribution is -2.21. The molecule has 7 nitrogen and oxygen atoms in total. The van der Waals surface area contributed by atoms with E-state index in [1.165, 1.54) is 18.2 Å². The van der Waals surface area contributed by atoms with Crippen LogP contribution in [0.15, 0.2) is 60.8 Å². The zero-order valence-electron chi connectivity index (χ0n) is 20.6. The predicted octanol–water partition coefficient (Wildman–Crippen LogP) is 6.15. The number of halogens is 6. The molecule has 0 N–H and O–H groups in total. The SMILES string of the molecule is CCOC(=O)Cn1ccc2ccc(OCCc3cc(-c4ccc(OC(F)(F)F)cc4)nn3CC(F)(F)F)cc21. The Balaban J connectivity index is 1.48. The number of esters is 1. The number of hydrogen-bond donors (Lipinski definition) is 0. The monoisotopic (exact) mass is 555 g/mol. The molecule has 2 aromatic heterocycles. The molecule has 0 bridgehead atoms. The Kier molecular flexibility index (Phi) is 8.07. The van der Waals surface area contributed by atoms with Gasteiger partial charge in [-0.25, -0.2) is 0 Å². The Labute approximate surface area is 218 Å². The molecule has 2 aromatic carbocycles. The van der Waals surface area contributed by atoms with Crippen molar-refractivity contribution in [2.24, 2.45) is 0 Å². The number of fused-ring (bicyclic) bond motifs is 1. The maximum absolute atomic E-state index is 13.2. The number of aromatic nitrogens is 3. The number of ether oxygens (including phenoxy) is 3. The van der Waals surface area contributed by atoms with E-state index in [9.17, 15) is 31.1 Å². The molecule has 0 atom stereocenters. The van der Waals surface area contributed by atoms with Crippen LogP contribution in [0.1, 0.15) is 12.6 Å². The zero-order valence-corrected chi connectivity index (χ0v) is 20.6. The summed E-state index contributed by atoms with van der Waals surface area (Å²) in [5.74, 6) is -0.397. The lowest BCUT2D eigenvalue weighted by Gasteiger charge is -2.11. The van der Waals surface area contributed by atoms with Crippen molar-refractivity contribution in [3.05, 3.63) is 66.5 Å². The van der Waals surface area contributed by atoms with Crippen molar-refractivity contribution < 1.29 is 45.3 Å². The highest BCUT2D eigenvalue weighted by Crippen LogP contribution is 2.28. The van der Waals surface area contributed by atoms with E-state index in [4.69, 9.17) is 9.47 Å². The first-order valence-corrected chi connectivity index (χ1v) is 11.8. The van der Waals surface area contributed by atoms with Gasteiger partial charge in [-0.1, -0.05) is 0 Å². The minimum atomic E-state index is -4.86. The fourth-order valence-corrected chi connectivity index (χ4v) is 3.94. The van der Waals surface area contributed by atoms with E-state index < -0.39 is 30.8 Å². The highest BCUT2D eigenvalue weighted by molar-refractivity contribution is 5.83. The Bertz CT molecular complexity index is 1420. The second-order valence-corrected chi connectivity index (χ2v) is 8.43. The molecule has 208 valence electrons. The van der Waals surface area contributed by atoms with Crippen molar-refractivity contribution in [2.45, 2.75) is 39.0 Å². The van der Waals surface area contributed by atoms with Gasteiger partial charge in [0.1, 0.15) is 24.6 Å². The fourth-order valence-electron chi connectivity index (χ4n) is 3.94. The van der Waals surface area contributed by atoms with Gasteiger partial charge in [-0.15, -0.1) is 13.2 Å². The van der Waals surface area contributed by atoms with E-state index in [1.54, 1.807) is 35.9 Å². The van der Waals surface area contributed by atoms with E-state index in [2.05, 4.69) is 9.84 Å². The summed E-state index contributed by atoms with van der Waals surface area (Å²) in [5, 5.41) is 4.88. The van der Waals surface area contributed by atoms with Gasteiger partial charge in [-0.2, -0.15) is 18.3 Å². The zero-order chi connectivity index (χ0) is 28.2. The molecular formula is C26H23F6N3O4. The molecule has 0 aliphatic rings. The van der Waals surface area contributed by atoms with Gasteiger partial charge < -0.3 is 18.8 Å². The fraction of sp³-hybridized carbons (Fsp3) is 0.308. The molecule has 0 unspecified atom stereocenters. The number of hydrogen-bond acceptors (Lipinski definition) is 5. The number of benzene rings is 2. The third-order valence-electron chi connectivity index (χ3n) is 5.55. The summed E-state index contributed by atoms with van der Waals surface area (Å²) in [6, 6.07) is 13.2. The minimum absolute atomic E-state index is 0.0174. The third-order valence-corrected chi connectivity index (χ3v) is 5.55. The maximum Gasteiger partial charge on any atom is 0.573 e. The van der Waals surface area contributed by atoms with Crippen molar-refractivity contribution >= 4 is 16.9 Å². The first-order chi connectivity index (χ1) is 18.4. The summed E-state index contributed by atoms with van der Waals surface area (Å²) < 4.78 is 93.8. The highest BCUT2D eigenvalue weighted by atomic mass is 19.4. The van der Waals surface area contributed by atoms with E-state index in [0.29, 0.717) is 11.3 Å². The summed E-state index contributed by atoms with van der Waals surface area (Å²) in [7, 11) is 0. The van der Waals surface area contributed by atoms with E-state index >= 15 is 0 Å². The van der Waals surface area contributed by atoms with Crippen LogP contribution in [-0.2, 0) is 29.0 Å². The molecule has 0 saturated heterocycles. The molecule has 0 spiro atoms. The first kappa shape index (κ1) is 27.9. The van der Waals surface area contributed by atoms with Crippen molar-refractivity contribution in [1.82, 2.24) is 14.3 Å². The second-order valence-electron chi connectivity index (χ2n) is 8.43. The quantitative estimate of drug-likeness (QED) is 0.174. The van der Waals surface area contributed by atoms with Crippen LogP contribution < -0.4 is 9.47 Å². The van der Waals surface area contributed by atoms with Crippen LogP contribution in [0.25, 0.3) is 22.2 Å². The van der Waals surface area contributed by atoms with Crippen LogP contribution >= 0.6 is 0 Å². The Hall–Kier alpha value is -4.16. The summed E-state index contributed by atoms with van der Waals surface area (Å²) in [6.45, 7) is 0.668. The smallest absolute Gasteiger partial charge is 0.493 e. The number of carbonyl (C=O) groups excluding carboxylic acids is 1. The standard InChI is InChI=1S/C26H23F6N3O4/c1-2-37-24(36)15-34-11-9-18-5-8-21(14-23(18)34)38-12-10-19-13-22(33-35(19)16-25(27,28)29)17-3-6-20(7-4-17)39-26(30,31)32/h3-9,11,13-14H,2,10,12,15-16H2,1H3. The minimum Gasteiger partial charge on any atom is -0.493 e. The van der Waals surface area contributed by atoms with Crippen LogP contribution in [0.4, 0.5) is 26.3 Å². The average molecular weight is 555 g/mol. The third kappa shape index (κ3) is 7.68. The van der Waals surface area contributed by atoms with Gasteiger partial charge in [0.15, 0.2) is 0 Å². The van der Waals surface area contributed by atoms with E-state index in [-0.39, 0.29) is 37.6 Å². The molecular weight excluding hydrogens is 532 g/mol. The lowest BCUT2D eigenvalue weighted by molar-refractivity contribution is -0.274. The van der Waals surface area contributed by atoms with Crippen LogP contribution in [0.5, 0.6) is 11.5 Å². The van der Waals surface area contributed by atoms with Gasteiger partial charge in [0.05, 0.1) is 24.4 Å². The molecule has 0 saturated carbocycles. The molecule has 4 aromatic rings. The summed E-state index contributed by atoms with van der Waals surface area (Å²) >= 11 is 0. The number of alkyl halides is 6. The Morgan fingerprint density at radius 2 is 1.67 bits per heavy atom. The molecule has 39 heavy (non-hydrogen) atoms. The largest absolute Gasteiger partial charge is 0.573 e. The topological polar surface area (TPSA) is 67.5 Å². The van der Waals surface area contributed by atoms with Gasteiger partial charge in [-0.3, -0.25) is 9.48 Å². The molecule has 0 fully saturated rings. The van der Waals surface area contributed by atoms with Gasteiger partial charge in [0.2, 0.25) is 0 Å². The van der Waals surface area contributed by atoms with E-state index in [1.807, 2.05) is 6.07 Å². The van der Waals surface area contributed by atoms with Crippen molar-refractivity contribution in [2.75, 3.05) is 13.2 Å². The Morgan fingerprint density at radius 3 is 2.33 bits per heavy atom. The van der Waals surface area contributed by atoms with Gasteiger partial charge in [-0.05, 0) is 60.8 Å². The van der Waals surface area contributed by atoms with Crippen molar-refractivity contribution in [1.29, 1.82) is 0 Å². The lowest BCUT2D eigenvalue weighted by atomic mass is 10.1. The van der Waals surface area contributed by atoms with Crippen LogP contribution in [0, 0.1) is 0 Å². The first-order valence-electron chi connectivity index (χ1n) is 11.8. The van der Waals surface area contributed by atoms with Gasteiger partial charge >= 0.3 is 18.5 Å². The Morgan fingerprint density at radius 1 is 0.949 bits per heavy atom. The molecule has 4 rings (SSSR count). The molecule has 2 heterocycles. The van der Waals surface area contributed by atoms with Crippen LogP contribution in [0.3, 0.4) is 0 Å². The maximum atomic E-state index is 13.2. The van der Waals surface area contributed by atoms with Crippen LogP contribution in [-0.4, -0.2) is 46.1 Å². The molecule has 0 aliphatic heterocycles. The van der Waals surface area contributed by atoms with E-state index in [0.717, 1.165) is 27.7 Å². The normalized spacial score (nSPS) is 12.1. The molecule has 0 radical (unpaired) electrons. The molecule has 0 amide bonds. The van der Waals surface area contributed by atoms with Gasteiger partial charge in [0, 0.05) is 29.9 Å². The van der Waals surface area contributed by atoms with Gasteiger partial charge in [0.25, 0.3) is 0 Å². The molecule has 13 heteroatoms. The second kappa shape index (κ2) is 11.3. The number of rotatable bonds is 10. The van der Waals surface area contributed by atoms with Crippen LogP contribution in [0.2, 0.25) is 0 Å².